The summed E-state index contributed by atoms with van der Waals surface area (Å²) in [5.74, 6) is 0. The van der Waals surface area contributed by atoms with Crippen LogP contribution in [-0.2, 0) is 32.7 Å². The maximum Gasteiger partial charge on any atom is 0 e. The summed E-state index contributed by atoms with van der Waals surface area (Å²) in [5.41, 5.74) is 2.23. The van der Waals surface area contributed by atoms with Crippen LogP contribution in [0.1, 0.15) is 0 Å². The van der Waals surface area contributed by atoms with Crippen molar-refractivity contribution in [3.05, 3.63) is 109 Å². The van der Waals surface area contributed by atoms with Gasteiger partial charge in [-0.15, -0.1) is 33.7 Å². The molecule has 0 aliphatic rings. The topological polar surface area (TPSA) is 0 Å². The minimum absolute atomic E-state index is 0. The fourth-order valence-corrected chi connectivity index (χ4v) is 4.22. The number of rotatable bonds is 1. The van der Waals surface area contributed by atoms with Crippen molar-refractivity contribution in [3.8, 4) is 11.1 Å². The van der Waals surface area contributed by atoms with E-state index in [0.29, 0.717) is 0 Å². The summed E-state index contributed by atoms with van der Waals surface area (Å²) in [5, 5.41) is 9.94. The Morgan fingerprint density at radius 2 is 0.793 bits per heavy atom. The van der Waals surface area contributed by atoms with Gasteiger partial charge in [-0.2, -0.15) is 24.3 Å². The Morgan fingerprint density at radius 3 is 1.21 bits per heavy atom. The average Bonchev–Trinajstić information content (AvgIpc) is 2.75. The molecule has 1 heteroatoms. The Labute approximate surface area is 195 Å². The Hall–Kier alpha value is -2.54. The van der Waals surface area contributed by atoms with Gasteiger partial charge in [0, 0.05) is 32.7 Å². The predicted molar refractivity (Wildman–Crippen MR) is 120 cm³/mol. The van der Waals surface area contributed by atoms with Crippen LogP contribution in [0.5, 0.6) is 0 Å². The van der Waals surface area contributed by atoms with Crippen LogP contribution in [0.25, 0.3) is 54.2 Å². The zero-order valence-electron chi connectivity index (χ0n) is 15.8. The van der Waals surface area contributed by atoms with Crippen LogP contribution in [-0.4, -0.2) is 0 Å². The molecule has 29 heavy (non-hydrogen) atoms. The van der Waals surface area contributed by atoms with Gasteiger partial charge >= 0.3 is 0 Å². The Balaban J connectivity index is 0.00000181. The molecule has 0 nitrogen and oxygen atoms in total. The molecule has 0 aliphatic carbocycles. The van der Waals surface area contributed by atoms with Crippen molar-refractivity contribution in [2.45, 2.75) is 0 Å². The molecule has 0 amide bonds. The quantitative estimate of drug-likeness (QED) is 0.182. The summed E-state index contributed by atoms with van der Waals surface area (Å²) in [7, 11) is 0. The normalized spacial score (nSPS) is 11.2. The molecule has 6 rings (SSSR count). The molecule has 0 heterocycles. The molecule has 1 radical (unpaired) electrons. The molecule has 0 fully saturated rings. The van der Waals surface area contributed by atoms with Crippen LogP contribution in [0.3, 0.4) is 0 Å². The molecule has 0 bridgehead atoms. The van der Waals surface area contributed by atoms with Gasteiger partial charge in [0.15, 0.2) is 0 Å². The number of fused-ring (bicyclic) bond motifs is 4. The molecule has 0 aromatic heterocycles. The molecular weight excluding hydrogens is 425 g/mol. The number of hydrogen-bond donors (Lipinski definition) is 0. The third-order valence-electron chi connectivity index (χ3n) is 5.61. The van der Waals surface area contributed by atoms with E-state index in [9.17, 15) is 0 Å². The monoisotopic (exact) mass is 441 g/mol. The molecule has 0 spiro atoms. The Bertz CT molecular complexity index is 1390. The molecule has 6 aromatic rings. The zero-order valence-corrected chi connectivity index (χ0v) is 18.7. The van der Waals surface area contributed by atoms with Gasteiger partial charge in [0.05, 0.1) is 0 Å². The van der Waals surface area contributed by atoms with Gasteiger partial charge in [0.1, 0.15) is 0 Å². The van der Waals surface area contributed by atoms with Gasteiger partial charge in [-0.05, 0) is 21.5 Å². The third-order valence-corrected chi connectivity index (χ3v) is 5.61. The van der Waals surface area contributed by atoms with Crippen molar-refractivity contribution in [2.24, 2.45) is 0 Å². The second kappa shape index (κ2) is 7.37. The molecule has 0 unspecified atom stereocenters. The zero-order chi connectivity index (χ0) is 18.5. The van der Waals surface area contributed by atoms with Gasteiger partial charge in [-0.25, -0.2) is 11.1 Å². The van der Waals surface area contributed by atoms with E-state index in [1.54, 1.807) is 0 Å². The van der Waals surface area contributed by atoms with Crippen LogP contribution in [0, 0.1) is 12.1 Å². The number of benzene rings is 6. The summed E-state index contributed by atoms with van der Waals surface area (Å²) in [6.07, 6.45) is 0. The summed E-state index contributed by atoms with van der Waals surface area (Å²) < 4.78 is 0. The fraction of sp³-hybridized carbons (Fsp3) is 0. The van der Waals surface area contributed by atoms with Gasteiger partial charge in [0.2, 0.25) is 0 Å². The van der Waals surface area contributed by atoms with Crippen molar-refractivity contribution in [1.82, 2.24) is 0 Å². The minimum Gasteiger partial charge on any atom is -0.218 e. The second-order valence-electron chi connectivity index (χ2n) is 7.28. The van der Waals surface area contributed by atoms with E-state index in [4.69, 9.17) is 0 Å². The van der Waals surface area contributed by atoms with Crippen LogP contribution in [0.4, 0.5) is 0 Å². The largest absolute Gasteiger partial charge is 0.218 e. The van der Waals surface area contributed by atoms with Crippen molar-refractivity contribution < 1.29 is 32.7 Å². The first kappa shape index (κ1) is 18.5. The van der Waals surface area contributed by atoms with Crippen LogP contribution in [0.2, 0.25) is 0 Å². The summed E-state index contributed by atoms with van der Waals surface area (Å²) in [6, 6.07) is 41.5. The summed E-state index contributed by atoms with van der Waals surface area (Å²) in [6.45, 7) is 0. The Morgan fingerprint density at radius 1 is 0.414 bits per heavy atom. The van der Waals surface area contributed by atoms with Crippen LogP contribution < -0.4 is 0 Å². The van der Waals surface area contributed by atoms with Crippen LogP contribution >= 0.6 is 0 Å². The van der Waals surface area contributed by atoms with E-state index in [1.807, 2.05) is 12.1 Å². The fourth-order valence-electron chi connectivity index (χ4n) is 4.22. The average molecular weight is 441 g/mol. The molecule has 0 saturated heterocycles. The van der Waals surface area contributed by atoms with Gasteiger partial charge in [0.25, 0.3) is 0 Å². The van der Waals surface area contributed by atoms with Gasteiger partial charge < -0.3 is 0 Å². The van der Waals surface area contributed by atoms with E-state index in [-0.39, 0.29) is 32.7 Å². The molecule has 133 valence electrons. The van der Waals surface area contributed by atoms with Crippen molar-refractivity contribution in [3.63, 3.8) is 0 Å². The molecule has 0 aliphatic heterocycles. The van der Waals surface area contributed by atoms with Crippen molar-refractivity contribution in [1.29, 1.82) is 0 Å². The standard InChI is InChI=1S/C28H16.Y/c1-3-9-21-17-27-23(15-19(21)7-1)11-5-13-25(27)26-14-6-12-24-16-20-8-2-4-10-22(20)18-28(24)26;/h1-12,15-18H;/q-2;. The van der Waals surface area contributed by atoms with E-state index in [2.05, 4.69) is 97.1 Å². The van der Waals surface area contributed by atoms with Crippen molar-refractivity contribution >= 4 is 43.1 Å². The SMILES string of the molecule is [Y].[c-]1ccc2cc3ccccc3cc2c1-c1[c-]ccc2cc3ccccc3cc12. The maximum atomic E-state index is 3.50. The van der Waals surface area contributed by atoms with E-state index < -0.39 is 0 Å². The van der Waals surface area contributed by atoms with E-state index in [1.165, 1.54) is 43.1 Å². The smallest absolute Gasteiger partial charge is 0 e. The molecular formula is C28H16Y-2. The first-order valence-corrected chi connectivity index (χ1v) is 9.54. The van der Waals surface area contributed by atoms with Gasteiger partial charge in [-0.1, -0.05) is 72.8 Å². The van der Waals surface area contributed by atoms with E-state index >= 15 is 0 Å². The predicted octanol–water partition coefficient (Wildman–Crippen LogP) is 7.56. The molecule has 0 saturated carbocycles. The maximum absolute atomic E-state index is 3.50. The summed E-state index contributed by atoms with van der Waals surface area (Å²) in [4.78, 5) is 0. The first-order chi connectivity index (χ1) is 13.9. The third kappa shape index (κ3) is 3.08. The summed E-state index contributed by atoms with van der Waals surface area (Å²) >= 11 is 0. The molecule has 0 N–H and O–H groups in total. The number of hydrogen-bond acceptors (Lipinski definition) is 0. The Kier molecular flexibility index (Phi) is 4.70. The second-order valence-corrected chi connectivity index (χ2v) is 7.28. The first-order valence-electron chi connectivity index (χ1n) is 9.54. The van der Waals surface area contributed by atoms with Crippen molar-refractivity contribution in [2.75, 3.05) is 0 Å². The molecule has 0 atom stereocenters. The minimum atomic E-state index is 0. The van der Waals surface area contributed by atoms with Gasteiger partial charge in [-0.3, -0.25) is 0 Å². The molecule has 6 aromatic carbocycles. The van der Waals surface area contributed by atoms with E-state index in [0.717, 1.165) is 11.1 Å². The van der Waals surface area contributed by atoms with Crippen LogP contribution in [0.15, 0.2) is 97.1 Å².